The van der Waals surface area contributed by atoms with Gasteiger partial charge in [0.2, 0.25) is 5.91 Å². The molecule has 13 heavy (non-hydrogen) atoms. The van der Waals surface area contributed by atoms with Gasteiger partial charge in [0, 0.05) is 19.5 Å². The van der Waals surface area contributed by atoms with E-state index in [9.17, 15) is 4.79 Å². The molecule has 66 valence electrons. The lowest BCUT2D eigenvalue weighted by atomic mass is 10.2. The van der Waals surface area contributed by atoms with Gasteiger partial charge in [0.1, 0.15) is 0 Å². The topological polar surface area (TPSA) is 20.3 Å². The highest BCUT2D eigenvalue weighted by molar-refractivity contribution is 5.92. The van der Waals surface area contributed by atoms with Gasteiger partial charge in [-0.3, -0.25) is 4.79 Å². The molecule has 0 aliphatic heterocycles. The Morgan fingerprint density at radius 2 is 2.08 bits per heavy atom. The number of carbonyl (C=O) groups excluding carboxylic acids is 1. The van der Waals surface area contributed by atoms with Crippen LogP contribution in [0.4, 0.5) is 5.69 Å². The maximum absolute atomic E-state index is 11.1. The van der Waals surface area contributed by atoms with Gasteiger partial charge >= 0.3 is 0 Å². The summed E-state index contributed by atoms with van der Waals surface area (Å²) in [7, 11) is 1.71. The van der Waals surface area contributed by atoms with Gasteiger partial charge < -0.3 is 4.90 Å². The number of benzene rings is 1. The van der Waals surface area contributed by atoms with Crippen molar-refractivity contribution in [3.8, 4) is 12.3 Å². The fourth-order valence-electron chi connectivity index (χ4n) is 1.06. The van der Waals surface area contributed by atoms with E-state index in [0.29, 0.717) is 0 Å². The zero-order chi connectivity index (χ0) is 9.84. The lowest BCUT2D eigenvalue weighted by Gasteiger charge is -2.16. The Kier molecular flexibility index (Phi) is 2.71. The van der Waals surface area contributed by atoms with Crippen molar-refractivity contribution in [3.05, 3.63) is 29.8 Å². The van der Waals surface area contributed by atoms with Crippen LogP contribution in [0.2, 0.25) is 0 Å². The molecule has 1 aromatic carbocycles. The van der Waals surface area contributed by atoms with Crippen molar-refractivity contribution >= 4 is 11.6 Å². The number of anilines is 1. The summed E-state index contributed by atoms with van der Waals surface area (Å²) in [5.41, 5.74) is 1.51. The maximum Gasteiger partial charge on any atom is 0.223 e. The Balaban J connectivity index is 3.15. The average molecular weight is 173 g/mol. The zero-order valence-corrected chi connectivity index (χ0v) is 7.74. The number of carbonyl (C=O) groups is 1. The van der Waals surface area contributed by atoms with Crippen LogP contribution in [0.25, 0.3) is 0 Å². The van der Waals surface area contributed by atoms with E-state index in [1.165, 1.54) is 11.8 Å². The lowest BCUT2D eigenvalue weighted by molar-refractivity contribution is -0.116. The molecule has 1 rings (SSSR count). The van der Waals surface area contributed by atoms with Crippen LogP contribution in [-0.2, 0) is 4.79 Å². The SMILES string of the molecule is C#Cc1ccccc1N(C)C(C)=O. The highest BCUT2D eigenvalue weighted by Crippen LogP contribution is 2.17. The molecule has 2 heteroatoms. The van der Waals surface area contributed by atoms with Crippen molar-refractivity contribution in [2.24, 2.45) is 0 Å². The first kappa shape index (κ1) is 9.34. The van der Waals surface area contributed by atoms with Crippen LogP contribution in [0.3, 0.4) is 0 Å². The Hall–Kier alpha value is -1.75. The number of hydrogen-bond donors (Lipinski definition) is 0. The molecular formula is C11H11NO. The van der Waals surface area contributed by atoms with Crippen molar-refractivity contribution in [3.63, 3.8) is 0 Å². The summed E-state index contributed by atoms with van der Waals surface area (Å²) < 4.78 is 0. The molecule has 0 fully saturated rings. The van der Waals surface area contributed by atoms with E-state index in [2.05, 4.69) is 5.92 Å². The monoisotopic (exact) mass is 173 g/mol. The molecule has 1 aromatic rings. The summed E-state index contributed by atoms with van der Waals surface area (Å²) in [4.78, 5) is 12.6. The molecule has 0 aliphatic carbocycles. The second kappa shape index (κ2) is 3.77. The fraction of sp³-hybridized carbons (Fsp3) is 0.182. The van der Waals surface area contributed by atoms with E-state index in [1.54, 1.807) is 7.05 Å². The number of amides is 1. The van der Waals surface area contributed by atoms with E-state index in [0.717, 1.165) is 11.3 Å². The standard InChI is InChI=1S/C11H11NO/c1-4-10-7-5-6-8-11(10)12(3)9(2)13/h1,5-8H,2-3H3. The smallest absolute Gasteiger partial charge is 0.223 e. The normalized spacial score (nSPS) is 9.00. The van der Waals surface area contributed by atoms with Gasteiger partial charge in [0.25, 0.3) is 0 Å². The van der Waals surface area contributed by atoms with Crippen LogP contribution in [-0.4, -0.2) is 13.0 Å². The van der Waals surface area contributed by atoms with Crippen LogP contribution in [0.5, 0.6) is 0 Å². The molecule has 0 saturated carbocycles. The van der Waals surface area contributed by atoms with Gasteiger partial charge in [-0.1, -0.05) is 18.1 Å². The Bertz CT molecular complexity index is 363. The summed E-state index contributed by atoms with van der Waals surface area (Å²) in [5.74, 6) is 2.51. The fourth-order valence-corrected chi connectivity index (χ4v) is 1.06. The number of para-hydroxylation sites is 1. The molecule has 0 unspecified atom stereocenters. The molecule has 1 amide bonds. The van der Waals surface area contributed by atoms with E-state index in [-0.39, 0.29) is 5.91 Å². The Morgan fingerprint density at radius 3 is 2.62 bits per heavy atom. The highest BCUT2D eigenvalue weighted by Gasteiger charge is 2.07. The predicted molar refractivity (Wildman–Crippen MR) is 53.5 cm³/mol. The zero-order valence-electron chi connectivity index (χ0n) is 7.74. The molecule has 0 N–H and O–H groups in total. The molecule has 0 atom stereocenters. The van der Waals surface area contributed by atoms with Gasteiger partial charge in [-0.25, -0.2) is 0 Å². The quantitative estimate of drug-likeness (QED) is 0.591. The van der Waals surface area contributed by atoms with Gasteiger partial charge in [-0.15, -0.1) is 6.42 Å². The summed E-state index contributed by atoms with van der Waals surface area (Å²) in [6.07, 6.45) is 5.30. The maximum atomic E-state index is 11.1. The number of hydrogen-bond acceptors (Lipinski definition) is 1. The van der Waals surface area contributed by atoms with Crippen LogP contribution in [0, 0.1) is 12.3 Å². The van der Waals surface area contributed by atoms with Crippen LogP contribution in [0.15, 0.2) is 24.3 Å². The van der Waals surface area contributed by atoms with Crippen LogP contribution < -0.4 is 4.90 Å². The van der Waals surface area contributed by atoms with Crippen LogP contribution >= 0.6 is 0 Å². The largest absolute Gasteiger partial charge is 0.315 e. The third-order valence-electron chi connectivity index (χ3n) is 1.89. The van der Waals surface area contributed by atoms with Gasteiger partial charge in [-0.05, 0) is 12.1 Å². The molecular weight excluding hydrogens is 162 g/mol. The van der Waals surface area contributed by atoms with E-state index < -0.39 is 0 Å². The first-order valence-electron chi connectivity index (χ1n) is 3.96. The van der Waals surface area contributed by atoms with Crippen molar-refractivity contribution in [1.29, 1.82) is 0 Å². The van der Waals surface area contributed by atoms with E-state index in [4.69, 9.17) is 6.42 Å². The Labute approximate surface area is 78.2 Å². The third kappa shape index (κ3) is 1.88. The molecule has 0 spiro atoms. The average Bonchev–Trinajstić information content (AvgIpc) is 2.16. The van der Waals surface area contributed by atoms with E-state index >= 15 is 0 Å². The molecule has 0 heterocycles. The van der Waals surface area contributed by atoms with Crippen molar-refractivity contribution in [1.82, 2.24) is 0 Å². The minimum atomic E-state index is -0.0253. The first-order chi connectivity index (χ1) is 6.16. The number of nitrogens with zero attached hydrogens (tertiary/aromatic N) is 1. The first-order valence-corrected chi connectivity index (χ1v) is 3.96. The van der Waals surface area contributed by atoms with E-state index in [1.807, 2.05) is 24.3 Å². The summed E-state index contributed by atoms with van der Waals surface area (Å²) >= 11 is 0. The second-order valence-electron chi connectivity index (χ2n) is 2.74. The molecule has 0 bridgehead atoms. The van der Waals surface area contributed by atoms with Crippen molar-refractivity contribution in [2.45, 2.75) is 6.92 Å². The predicted octanol–water partition coefficient (Wildman–Crippen LogP) is 1.65. The molecule has 0 saturated heterocycles. The van der Waals surface area contributed by atoms with Gasteiger partial charge in [0.15, 0.2) is 0 Å². The Morgan fingerprint density at radius 1 is 1.46 bits per heavy atom. The third-order valence-corrected chi connectivity index (χ3v) is 1.89. The molecule has 2 nitrogen and oxygen atoms in total. The number of terminal acetylenes is 1. The van der Waals surface area contributed by atoms with Gasteiger partial charge in [0.05, 0.1) is 5.69 Å². The summed E-state index contributed by atoms with van der Waals surface area (Å²) in [6, 6.07) is 7.35. The van der Waals surface area contributed by atoms with Crippen molar-refractivity contribution in [2.75, 3.05) is 11.9 Å². The molecule has 0 aliphatic rings. The molecule has 0 radical (unpaired) electrons. The second-order valence-corrected chi connectivity index (χ2v) is 2.74. The summed E-state index contributed by atoms with van der Waals surface area (Å²) in [5, 5.41) is 0. The number of rotatable bonds is 1. The minimum absolute atomic E-state index is 0.0253. The van der Waals surface area contributed by atoms with Crippen LogP contribution in [0.1, 0.15) is 12.5 Å². The van der Waals surface area contributed by atoms with Crippen molar-refractivity contribution < 1.29 is 4.79 Å². The van der Waals surface area contributed by atoms with Gasteiger partial charge in [-0.2, -0.15) is 0 Å². The lowest BCUT2D eigenvalue weighted by Crippen LogP contribution is -2.23. The summed E-state index contributed by atoms with van der Waals surface area (Å²) in [6.45, 7) is 1.51. The highest BCUT2D eigenvalue weighted by atomic mass is 16.2. The minimum Gasteiger partial charge on any atom is -0.315 e. The molecule has 0 aromatic heterocycles.